The van der Waals surface area contributed by atoms with Crippen LogP contribution in [0.4, 0.5) is 5.69 Å². The number of benzene rings is 1. The molecule has 3 heterocycles. The van der Waals surface area contributed by atoms with Gasteiger partial charge in [0.05, 0.1) is 24.1 Å². The second-order valence-corrected chi connectivity index (χ2v) is 7.35. The fourth-order valence-electron chi connectivity index (χ4n) is 2.52. The molecule has 4 aromatic rings. The number of aromatic nitrogens is 1. The summed E-state index contributed by atoms with van der Waals surface area (Å²) in [5.41, 5.74) is 3.03. The highest BCUT2D eigenvalue weighted by Gasteiger charge is 2.14. The zero-order valence-electron chi connectivity index (χ0n) is 14.3. The van der Waals surface area contributed by atoms with Gasteiger partial charge in [-0.05, 0) is 35.7 Å². The van der Waals surface area contributed by atoms with Crippen molar-refractivity contribution < 1.29 is 13.9 Å². The quantitative estimate of drug-likeness (QED) is 0.422. The van der Waals surface area contributed by atoms with Gasteiger partial charge in [0, 0.05) is 22.0 Å². The van der Waals surface area contributed by atoms with Crippen LogP contribution in [0, 0.1) is 0 Å². The lowest BCUT2D eigenvalue weighted by Gasteiger charge is -2.10. The second-order valence-electron chi connectivity index (χ2n) is 5.71. The molecule has 1 aromatic carbocycles. The molecule has 0 aliphatic rings. The summed E-state index contributed by atoms with van der Waals surface area (Å²) in [6, 6.07) is 13.0. The van der Waals surface area contributed by atoms with Crippen molar-refractivity contribution in [2.45, 2.75) is 13.2 Å². The molecule has 0 aliphatic carbocycles. The van der Waals surface area contributed by atoms with Gasteiger partial charge in [-0.3, -0.25) is 0 Å². The normalized spacial score (nSPS) is 10.7. The number of carbonyl (C=O) groups excluding carboxylic acids is 1. The Hall–Kier alpha value is -2.90. The van der Waals surface area contributed by atoms with Crippen molar-refractivity contribution in [3.8, 4) is 10.6 Å². The number of hydrogen-bond acceptors (Lipinski definition) is 7. The van der Waals surface area contributed by atoms with Crippen LogP contribution < -0.4 is 5.32 Å². The molecule has 0 unspecified atom stereocenters. The van der Waals surface area contributed by atoms with E-state index in [0.29, 0.717) is 17.8 Å². The van der Waals surface area contributed by atoms with Crippen molar-refractivity contribution in [2.75, 3.05) is 5.32 Å². The van der Waals surface area contributed by atoms with Crippen molar-refractivity contribution in [2.24, 2.45) is 0 Å². The minimum Gasteiger partial charge on any atom is -0.467 e. The molecular formula is C20H16N2O3S2. The molecule has 27 heavy (non-hydrogen) atoms. The molecule has 0 spiro atoms. The molecule has 0 fully saturated rings. The van der Waals surface area contributed by atoms with Gasteiger partial charge in [0.1, 0.15) is 17.4 Å². The van der Waals surface area contributed by atoms with Crippen molar-refractivity contribution in [3.05, 3.63) is 81.9 Å². The predicted octanol–water partition coefficient (Wildman–Crippen LogP) is 5.43. The van der Waals surface area contributed by atoms with Gasteiger partial charge in [0.15, 0.2) is 0 Å². The van der Waals surface area contributed by atoms with E-state index in [9.17, 15) is 4.79 Å². The number of carbonyl (C=O) groups is 1. The standard InChI is InChI=1S/C20H16N2O3S2/c23-20(25-11-15-13-27-19(22-15)14-7-9-26-12-14)17-5-1-2-6-18(17)21-10-16-4-3-8-24-16/h1-9,12-13,21H,10-11H2. The van der Waals surface area contributed by atoms with Crippen LogP contribution in [0.2, 0.25) is 0 Å². The molecular weight excluding hydrogens is 380 g/mol. The molecule has 1 N–H and O–H groups in total. The average molecular weight is 396 g/mol. The second kappa shape index (κ2) is 8.20. The summed E-state index contributed by atoms with van der Waals surface area (Å²) in [5.74, 6) is 0.407. The number of ether oxygens (including phenoxy) is 1. The van der Waals surface area contributed by atoms with Gasteiger partial charge in [0.2, 0.25) is 0 Å². The molecule has 3 aromatic heterocycles. The number of nitrogens with one attached hydrogen (secondary N) is 1. The lowest BCUT2D eigenvalue weighted by molar-refractivity contribution is 0.0469. The number of esters is 1. The maximum atomic E-state index is 12.5. The van der Waals surface area contributed by atoms with Crippen molar-refractivity contribution >= 4 is 34.3 Å². The number of hydrogen-bond donors (Lipinski definition) is 1. The lowest BCUT2D eigenvalue weighted by Crippen LogP contribution is -2.10. The van der Waals surface area contributed by atoms with Crippen LogP contribution in [0.1, 0.15) is 21.8 Å². The molecule has 0 radical (unpaired) electrons. The highest BCUT2D eigenvalue weighted by Crippen LogP contribution is 2.26. The first-order chi connectivity index (χ1) is 13.3. The van der Waals surface area contributed by atoms with E-state index in [-0.39, 0.29) is 12.6 Å². The van der Waals surface area contributed by atoms with E-state index in [2.05, 4.69) is 15.7 Å². The molecule has 4 rings (SSSR count). The third-order valence-corrected chi connectivity index (χ3v) is 5.47. The maximum absolute atomic E-state index is 12.5. The molecule has 0 aliphatic heterocycles. The van der Waals surface area contributed by atoms with E-state index in [1.54, 1.807) is 35.0 Å². The summed E-state index contributed by atoms with van der Waals surface area (Å²) in [5, 5.41) is 10.1. The van der Waals surface area contributed by atoms with Gasteiger partial charge < -0.3 is 14.5 Å². The van der Waals surface area contributed by atoms with Crippen molar-refractivity contribution in [3.63, 3.8) is 0 Å². The zero-order chi connectivity index (χ0) is 18.5. The number of thiazole rings is 1. The van der Waals surface area contributed by atoms with E-state index in [1.807, 2.05) is 47.2 Å². The summed E-state index contributed by atoms with van der Waals surface area (Å²) < 4.78 is 10.8. The van der Waals surface area contributed by atoms with E-state index in [0.717, 1.165) is 22.0 Å². The Morgan fingerprint density at radius 1 is 1.15 bits per heavy atom. The molecule has 0 amide bonds. The van der Waals surface area contributed by atoms with Crippen LogP contribution in [0.3, 0.4) is 0 Å². The van der Waals surface area contributed by atoms with Gasteiger partial charge in [-0.2, -0.15) is 11.3 Å². The van der Waals surface area contributed by atoms with Crippen LogP contribution in [-0.4, -0.2) is 11.0 Å². The van der Waals surface area contributed by atoms with Gasteiger partial charge in [-0.25, -0.2) is 9.78 Å². The third-order valence-electron chi connectivity index (χ3n) is 3.85. The first-order valence-electron chi connectivity index (χ1n) is 8.29. The Kier molecular flexibility index (Phi) is 5.32. The molecule has 0 bridgehead atoms. The monoisotopic (exact) mass is 396 g/mol. The Bertz CT molecular complexity index is 1010. The van der Waals surface area contributed by atoms with Gasteiger partial charge >= 0.3 is 5.97 Å². The van der Waals surface area contributed by atoms with Crippen molar-refractivity contribution in [1.29, 1.82) is 0 Å². The molecule has 7 heteroatoms. The predicted molar refractivity (Wildman–Crippen MR) is 107 cm³/mol. The third kappa shape index (κ3) is 4.27. The number of para-hydroxylation sites is 1. The Morgan fingerprint density at radius 2 is 2.07 bits per heavy atom. The number of anilines is 1. The first-order valence-corrected chi connectivity index (χ1v) is 10.1. The highest BCUT2D eigenvalue weighted by atomic mass is 32.1. The SMILES string of the molecule is O=C(OCc1csc(-c2ccsc2)n1)c1ccccc1NCc1ccco1. The smallest absolute Gasteiger partial charge is 0.340 e. The zero-order valence-corrected chi connectivity index (χ0v) is 15.9. The topological polar surface area (TPSA) is 64.4 Å². The number of rotatable bonds is 7. The summed E-state index contributed by atoms with van der Waals surface area (Å²) >= 11 is 3.18. The Morgan fingerprint density at radius 3 is 2.89 bits per heavy atom. The molecule has 136 valence electrons. The minimum atomic E-state index is -0.386. The molecule has 0 saturated carbocycles. The maximum Gasteiger partial charge on any atom is 0.340 e. The first kappa shape index (κ1) is 17.5. The Labute approximate surface area is 164 Å². The summed E-state index contributed by atoms with van der Waals surface area (Å²) in [6.45, 7) is 0.638. The van der Waals surface area contributed by atoms with E-state index < -0.39 is 0 Å². The van der Waals surface area contributed by atoms with Crippen LogP contribution >= 0.6 is 22.7 Å². The van der Waals surface area contributed by atoms with Crippen molar-refractivity contribution in [1.82, 2.24) is 4.98 Å². The summed E-state index contributed by atoms with van der Waals surface area (Å²) in [4.78, 5) is 17.1. The fraction of sp³-hybridized carbons (Fsp3) is 0.100. The largest absolute Gasteiger partial charge is 0.467 e. The number of thiophene rings is 1. The fourth-order valence-corrected chi connectivity index (χ4v) is 4.04. The lowest BCUT2D eigenvalue weighted by atomic mass is 10.2. The molecule has 5 nitrogen and oxygen atoms in total. The minimum absolute atomic E-state index is 0.145. The average Bonchev–Trinajstić information content (AvgIpc) is 3.47. The van der Waals surface area contributed by atoms with E-state index in [4.69, 9.17) is 9.15 Å². The number of nitrogens with zero attached hydrogens (tertiary/aromatic N) is 1. The van der Waals surface area contributed by atoms with Crippen LogP contribution in [-0.2, 0) is 17.9 Å². The Balaban J connectivity index is 1.39. The number of furan rings is 1. The van der Waals surface area contributed by atoms with Crippen LogP contribution in [0.5, 0.6) is 0 Å². The van der Waals surface area contributed by atoms with Gasteiger partial charge in [-0.15, -0.1) is 11.3 Å². The van der Waals surface area contributed by atoms with Gasteiger partial charge in [-0.1, -0.05) is 12.1 Å². The van der Waals surface area contributed by atoms with Crippen LogP contribution in [0.15, 0.2) is 69.3 Å². The summed E-state index contributed by atoms with van der Waals surface area (Å²) in [7, 11) is 0. The van der Waals surface area contributed by atoms with Gasteiger partial charge in [0.25, 0.3) is 0 Å². The van der Waals surface area contributed by atoms with E-state index in [1.165, 1.54) is 0 Å². The molecule has 0 saturated heterocycles. The molecule has 0 atom stereocenters. The van der Waals surface area contributed by atoms with Crippen LogP contribution in [0.25, 0.3) is 10.6 Å². The summed E-state index contributed by atoms with van der Waals surface area (Å²) in [6.07, 6.45) is 1.62. The highest BCUT2D eigenvalue weighted by molar-refractivity contribution is 7.14. The van der Waals surface area contributed by atoms with E-state index >= 15 is 0 Å².